The van der Waals surface area contributed by atoms with Crippen molar-refractivity contribution in [1.82, 2.24) is 4.98 Å². The van der Waals surface area contributed by atoms with Crippen LogP contribution in [0.5, 0.6) is 0 Å². The Bertz CT molecular complexity index is 952. The number of pyridine rings is 1. The fraction of sp³-hybridized carbons (Fsp3) is 0.250. The molecular weight excluding hydrogens is 332 g/mol. The third-order valence-corrected chi connectivity index (χ3v) is 5.84. The molecule has 0 saturated heterocycles. The van der Waals surface area contributed by atoms with Crippen LogP contribution < -0.4 is 0 Å². The molecule has 1 heterocycles. The van der Waals surface area contributed by atoms with Gasteiger partial charge in [-0.05, 0) is 48.9 Å². The number of aliphatic hydroxyl groups is 1. The molecule has 134 valence electrons. The van der Waals surface area contributed by atoms with Crippen LogP contribution in [0.25, 0.3) is 11.3 Å². The highest BCUT2D eigenvalue weighted by molar-refractivity contribution is 5.59. The largest absolute Gasteiger partial charge is 0.385 e. The van der Waals surface area contributed by atoms with Gasteiger partial charge in [0.2, 0.25) is 0 Å². The van der Waals surface area contributed by atoms with E-state index in [1.54, 1.807) is 6.20 Å². The summed E-state index contributed by atoms with van der Waals surface area (Å²) >= 11 is 0. The highest BCUT2D eigenvalue weighted by Gasteiger charge is 2.44. The summed E-state index contributed by atoms with van der Waals surface area (Å²) in [6, 6.07) is 26.4. The Hall–Kier alpha value is -2.96. The smallest absolute Gasteiger partial charge is 0.0899 e. The molecule has 1 saturated carbocycles. The fourth-order valence-electron chi connectivity index (χ4n) is 4.09. The molecule has 1 aliphatic carbocycles. The Kier molecular flexibility index (Phi) is 4.51. The topological polar surface area (TPSA) is 56.9 Å². The molecule has 0 atom stereocenters. The second kappa shape index (κ2) is 6.98. The van der Waals surface area contributed by atoms with Crippen molar-refractivity contribution >= 4 is 0 Å². The van der Waals surface area contributed by atoms with Crippen molar-refractivity contribution in [1.29, 1.82) is 5.26 Å². The quantitative estimate of drug-likeness (QED) is 0.722. The van der Waals surface area contributed by atoms with Crippen LogP contribution in [0.15, 0.2) is 79.0 Å². The van der Waals surface area contributed by atoms with Crippen molar-refractivity contribution in [3.8, 4) is 17.3 Å². The molecule has 1 N–H and O–H groups in total. The first-order chi connectivity index (χ1) is 13.2. The number of hydrogen-bond donors (Lipinski definition) is 1. The number of rotatable bonds is 3. The number of aromatic nitrogens is 1. The summed E-state index contributed by atoms with van der Waals surface area (Å²) in [5.74, 6) is 0. The van der Waals surface area contributed by atoms with Gasteiger partial charge in [-0.25, -0.2) is 0 Å². The van der Waals surface area contributed by atoms with E-state index in [2.05, 4.69) is 11.1 Å². The zero-order valence-electron chi connectivity index (χ0n) is 15.2. The Morgan fingerprint density at radius 1 is 0.815 bits per heavy atom. The fourth-order valence-corrected chi connectivity index (χ4v) is 4.09. The first kappa shape index (κ1) is 17.5. The summed E-state index contributed by atoms with van der Waals surface area (Å²) in [5, 5.41) is 21.2. The minimum atomic E-state index is -0.915. The second-order valence-corrected chi connectivity index (χ2v) is 7.39. The average molecular weight is 354 g/mol. The van der Waals surface area contributed by atoms with E-state index >= 15 is 0 Å². The van der Waals surface area contributed by atoms with Gasteiger partial charge in [-0.15, -0.1) is 0 Å². The first-order valence-electron chi connectivity index (χ1n) is 9.36. The maximum absolute atomic E-state index is 11.4. The van der Waals surface area contributed by atoms with E-state index in [9.17, 15) is 10.4 Å². The molecular formula is C24H22N2O. The van der Waals surface area contributed by atoms with Crippen LogP contribution in [0.1, 0.15) is 36.8 Å². The summed E-state index contributed by atoms with van der Waals surface area (Å²) in [5.41, 5.74) is 2.41. The van der Waals surface area contributed by atoms with Crippen molar-refractivity contribution in [3.05, 3.63) is 90.1 Å². The maximum atomic E-state index is 11.4. The van der Waals surface area contributed by atoms with Crippen LogP contribution in [0.3, 0.4) is 0 Å². The molecule has 3 nitrogen and oxygen atoms in total. The molecule has 0 unspecified atom stereocenters. The minimum Gasteiger partial charge on any atom is -0.385 e. The third kappa shape index (κ3) is 3.25. The predicted molar refractivity (Wildman–Crippen MR) is 106 cm³/mol. The van der Waals surface area contributed by atoms with Gasteiger partial charge in [-0.1, -0.05) is 60.7 Å². The molecule has 3 heteroatoms. The molecule has 1 fully saturated rings. The van der Waals surface area contributed by atoms with E-state index in [-0.39, 0.29) is 0 Å². The monoisotopic (exact) mass is 354 g/mol. The van der Waals surface area contributed by atoms with Crippen LogP contribution in [0.2, 0.25) is 0 Å². The molecule has 0 aliphatic heterocycles. The van der Waals surface area contributed by atoms with E-state index < -0.39 is 11.0 Å². The Morgan fingerprint density at radius 2 is 1.44 bits per heavy atom. The molecule has 0 amide bonds. The van der Waals surface area contributed by atoms with Gasteiger partial charge in [-0.3, -0.25) is 4.98 Å². The SMILES string of the molecule is N#C[C@]1(c2ccccc2)CC[C@](O)(c2ccnc(-c3ccccc3)c2)CC1. The predicted octanol–water partition coefficient (Wildman–Crippen LogP) is 4.97. The standard InChI is InChI=1S/C24H22N2O/c25-18-23(20-9-5-2-6-10-20)12-14-24(27,15-13-23)21-11-16-26-22(17-21)19-7-3-1-4-8-19/h1-11,16-17,27H,12-15H2/t23-,24+. The number of nitrogens with zero attached hydrogens (tertiary/aromatic N) is 2. The van der Waals surface area contributed by atoms with E-state index in [1.165, 1.54) is 0 Å². The van der Waals surface area contributed by atoms with E-state index in [4.69, 9.17) is 0 Å². The lowest BCUT2D eigenvalue weighted by molar-refractivity contribution is -0.0138. The van der Waals surface area contributed by atoms with Crippen LogP contribution in [0, 0.1) is 11.3 Å². The summed E-state index contributed by atoms with van der Waals surface area (Å²) < 4.78 is 0. The van der Waals surface area contributed by atoms with Crippen LogP contribution in [-0.2, 0) is 11.0 Å². The summed E-state index contributed by atoms with van der Waals surface area (Å²) in [7, 11) is 0. The zero-order valence-corrected chi connectivity index (χ0v) is 15.2. The molecule has 1 aromatic heterocycles. The lowest BCUT2D eigenvalue weighted by Crippen LogP contribution is -2.39. The number of hydrogen-bond acceptors (Lipinski definition) is 3. The molecule has 27 heavy (non-hydrogen) atoms. The molecule has 2 aromatic carbocycles. The molecule has 3 aromatic rings. The van der Waals surface area contributed by atoms with Gasteiger partial charge in [0.05, 0.1) is 22.8 Å². The summed E-state index contributed by atoms with van der Waals surface area (Å²) in [4.78, 5) is 4.46. The van der Waals surface area contributed by atoms with Crippen molar-refractivity contribution in [2.45, 2.75) is 36.7 Å². The van der Waals surface area contributed by atoms with Crippen molar-refractivity contribution in [3.63, 3.8) is 0 Å². The van der Waals surface area contributed by atoms with Gasteiger partial charge in [-0.2, -0.15) is 5.26 Å². The second-order valence-electron chi connectivity index (χ2n) is 7.39. The minimum absolute atomic E-state index is 0.511. The highest BCUT2D eigenvalue weighted by Crippen LogP contribution is 2.47. The lowest BCUT2D eigenvalue weighted by atomic mass is 9.64. The van der Waals surface area contributed by atoms with Gasteiger partial charge in [0, 0.05) is 11.8 Å². The molecule has 0 spiro atoms. The number of benzene rings is 2. The van der Waals surface area contributed by atoms with E-state index in [0.29, 0.717) is 25.7 Å². The van der Waals surface area contributed by atoms with Crippen LogP contribution in [-0.4, -0.2) is 10.1 Å². The van der Waals surface area contributed by atoms with Crippen molar-refractivity contribution in [2.75, 3.05) is 0 Å². The molecule has 0 radical (unpaired) electrons. The average Bonchev–Trinajstić information content (AvgIpc) is 2.76. The van der Waals surface area contributed by atoms with Gasteiger partial charge in [0.25, 0.3) is 0 Å². The van der Waals surface area contributed by atoms with Gasteiger partial charge in [0.1, 0.15) is 0 Å². The van der Waals surface area contributed by atoms with E-state index in [1.807, 2.05) is 72.8 Å². The van der Waals surface area contributed by atoms with Crippen LogP contribution in [0.4, 0.5) is 0 Å². The Balaban J connectivity index is 1.61. The first-order valence-corrected chi connectivity index (χ1v) is 9.36. The van der Waals surface area contributed by atoms with Gasteiger partial charge < -0.3 is 5.11 Å². The van der Waals surface area contributed by atoms with Gasteiger partial charge in [0.15, 0.2) is 0 Å². The van der Waals surface area contributed by atoms with Crippen molar-refractivity contribution < 1.29 is 5.11 Å². The summed E-state index contributed by atoms with van der Waals surface area (Å²) in [6.07, 6.45) is 4.18. The maximum Gasteiger partial charge on any atom is 0.0899 e. The third-order valence-electron chi connectivity index (χ3n) is 5.84. The molecule has 0 bridgehead atoms. The Morgan fingerprint density at radius 3 is 2.07 bits per heavy atom. The zero-order chi connectivity index (χ0) is 18.7. The highest BCUT2D eigenvalue weighted by atomic mass is 16.3. The molecule has 1 aliphatic rings. The summed E-state index contributed by atoms with van der Waals surface area (Å²) in [6.45, 7) is 0. The van der Waals surface area contributed by atoms with Crippen LogP contribution >= 0.6 is 0 Å². The van der Waals surface area contributed by atoms with Crippen molar-refractivity contribution in [2.24, 2.45) is 0 Å². The number of nitriles is 1. The lowest BCUT2D eigenvalue weighted by Gasteiger charge is -2.41. The Labute approximate surface area is 160 Å². The van der Waals surface area contributed by atoms with Gasteiger partial charge >= 0.3 is 0 Å². The normalized spacial score (nSPS) is 24.9. The molecule has 4 rings (SSSR count). The van der Waals surface area contributed by atoms with E-state index in [0.717, 1.165) is 22.4 Å².